The molecule has 0 aliphatic carbocycles. The van der Waals surface area contributed by atoms with Crippen molar-refractivity contribution in [2.24, 2.45) is 0 Å². The molecule has 7 heteroatoms. The molecule has 118 valence electrons. The molecule has 0 atom stereocenters. The monoisotopic (exact) mass is 322 g/mol. The third-order valence-electron chi connectivity index (χ3n) is 3.48. The molecule has 2 aliphatic rings. The summed E-state index contributed by atoms with van der Waals surface area (Å²) in [7, 11) is 0. The van der Waals surface area contributed by atoms with Gasteiger partial charge in [-0.25, -0.2) is 0 Å². The fourth-order valence-electron chi connectivity index (χ4n) is 2.33. The lowest BCUT2D eigenvalue weighted by Gasteiger charge is -2.14. The van der Waals surface area contributed by atoms with E-state index < -0.39 is 0 Å². The zero-order valence-electron chi connectivity index (χ0n) is 12.2. The molecule has 1 saturated heterocycles. The number of nitrogens with one attached hydrogen (secondary N) is 1. The van der Waals surface area contributed by atoms with Gasteiger partial charge in [0.05, 0.1) is 13.2 Å². The molecular weight excluding hydrogens is 304 g/mol. The Kier molecular flexibility index (Phi) is 4.72. The van der Waals surface area contributed by atoms with Crippen LogP contribution in [0.3, 0.4) is 0 Å². The fraction of sp³-hybridized carbons (Fsp3) is 0.467. The summed E-state index contributed by atoms with van der Waals surface area (Å²) in [6.45, 7) is 2.43. The average Bonchev–Trinajstić information content (AvgIpc) is 2.78. The molecule has 3 rings (SSSR count). The van der Waals surface area contributed by atoms with E-state index in [0.717, 1.165) is 18.7 Å². The number of ether oxygens (including phenoxy) is 2. The molecule has 1 fully saturated rings. The van der Waals surface area contributed by atoms with Crippen LogP contribution >= 0.6 is 11.8 Å². The van der Waals surface area contributed by atoms with Crippen molar-refractivity contribution in [3.05, 3.63) is 18.2 Å². The van der Waals surface area contributed by atoms with Gasteiger partial charge in [0.15, 0.2) is 11.5 Å². The van der Waals surface area contributed by atoms with Crippen LogP contribution in [0.5, 0.6) is 11.5 Å². The number of carbonyl (C=O) groups is 2. The van der Waals surface area contributed by atoms with Gasteiger partial charge in [0.25, 0.3) is 5.24 Å². The molecule has 2 amide bonds. The van der Waals surface area contributed by atoms with Crippen LogP contribution < -0.4 is 14.8 Å². The van der Waals surface area contributed by atoms with Gasteiger partial charge in [-0.15, -0.1) is 0 Å². The Morgan fingerprint density at radius 3 is 2.86 bits per heavy atom. The van der Waals surface area contributed by atoms with Crippen LogP contribution in [-0.4, -0.2) is 48.1 Å². The number of amides is 2. The Morgan fingerprint density at radius 2 is 2.09 bits per heavy atom. The molecule has 6 nitrogen and oxygen atoms in total. The van der Waals surface area contributed by atoms with E-state index in [1.807, 2.05) is 0 Å². The second kappa shape index (κ2) is 6.91. The summed E-state index contributed by atoms with van der Waals surface area (Å²) < 4.78 is 11.1. The number of rotatable bonds is 4. The number of hydrogen-bond donors (Lipinski definition) is 1. The number of fused-ring (bicyclic) bond motifs is 1. The van der Waals surface area contributed by atoms with Crippen molar-refractivity contribution < 1.29 is 19.1 Å². The highest BCUT2D eigenvalue weighted by Gasteiger charge is 2.21. The molecule has 0 aromatic heterocycles. The van der Waals surface area contributed by atoms with Gasteiger partial charge < -0.3 is 19.7 Å². The molecular formula is C15H18N2O4S. The van der Waals surface area contributed by atoms with Crippen molar-refractivity contribution in [3.63, 3.8) is 0 Å². The van der Waals surface area contributed by atoms with Crippen LogP contribution in [0, 0.1) is 0 Å². The summed E-state index contributed by atoms with van der Waals surface area (Å²) in [4.78, 5) is 25.2. The number of hydrogen-bond acceptors (Lipinski definition) is 5. The Hall–Kier alpha value is -1.89. The Morgan fingerprint density at radius 1 is 1.27 bits per heavy atom. The predicted molar refractivity (Wildman–Crippen MR) is 84.7 cm³/mol. The lowest BCUT2D eigenvalue weighted by molar-refractivity contribution is -0.116. The molecule has 0 spiro atoms. The van der Waals surface area contributed by atoms with Gasteiger partial charge in [-0.2, -0.15) is 0 Å². The fourth-order valence-corrected chi connectivity index (χ4v) is 3.18. The number of nitrogens with zero attached hydrogens (tertiary/aromatic N) is 1. The first-order chi connectivity index (χ1) is 10.7. The molecule has 0 bridgehead atoms. The van der Waals surface area contributed by atoms with E-state index in [-0.39, 0.29) is 11.1 Å². The van der Waals surface area contributed by atoms with E-state index in [1.165, 1.54) is 11.8 Å². The molecule has 0 saturated carbocycles. The van der Waals surface area contributed by atoms with Crippen LogP contribution in [0.25, 0.3) is 0 Å². The minimum Gasteiger partial charge on any atom is -0.490 e. The third-order valence-corrected chi connectivity index (χ3v) is 4.38. The minimum atomic E-state index is -0.112. The molecule has 1 N–H and O–H groups in total. The SMILES string of the molecule is O=C(CCN1CCSC1=O)Nc1ccc2c(c1)OCCCO2. The molecule has 2 heterocycles. The molecule has 1 aromatic carbocycles. The van der Waals surface area contributed by atoms with E-state index in [4.69, 9.17) is 9.47 Å². The van der Waals surface area contributed by atoms with E-state index in [0.29, 0.717) is 43.4 Å². The normalized spacial score (nSPS) is 17.3. The van der Waals surface area contributed by atoms with Crippen LogP contribution in [0.2, 0.25) is 0 Å². The van der Waals surface area contributed by atoms with Crippen LogP contribution in [0.1, 0.15) is 12.8 Å². The second-order valence-corrected chi connectivity index (χ2v) is 6.16. The average molecular weight is 322 g/mol. The maximum atomic E-state index is 12.0. The summed E-state index contributed by atoms with van der Waals surface area (Å²) in [6, 6.07) is 5.37. The predicted octanol–water partition coefficient (Wildman–Crippen LogP) is 2.35. The largest absolute Gasteiger partial charge is 0.490 e. The highest BCUT2D eigenvalue weighted by atomic mass is 32.2. The molecule has 2 aliphatic heterocycles. The first kappa shape index (κ1) is 15.0. The molecule has 22 heavy (non-hydrogen) atoms. The van der Waals surface area contributed by atoms with E-state index in [1.54, 1.807) is 23.1 Å². The van der Waals surface area contributed by atoms with Crippen molar-refractivity contribution >= 4 is 28.6 Å². The van der Waals surface area contributed by atoms with Gasteiger partial charge in [0, 0.05) is 43.4 Å². The summed E-state index contributed by atoms with van der Waals surface area (Å²) in [6.07, 6.45) is 1.14. The Balaban J connectivity index is 1.55. The van der Waals surface area contributed by atoms with Gasteiger partial charge in [-0.1, -0.05) is 11.8 Å². The maximum absolute atomic E-state index is 12.0. The van der Waals surface area contributed by atoms with Crippen LogP contribution in [-0.2, 0) is 4.79 Å². The summed E-state index contributed by atoms with van der Waals surface area (Å²) in [5, 5.41) is 2.89. The second-order valence-electron chi connectivity index (χ2n) is 5.11. The topological polar surface area (TPSA) is 67.9 Å². The summed E-state index contributed by atoms with van der Waals surface area (Å²) in [5.41, 5.74) is 0.677. The number of carbonyl (C=O) groups excluding carboxylic acids is 2. The zero-order valence-corrected chi connectivity index (χ0v) is 13.0. The first-order valence-electron chi connectivity index (χ1n) is 7.33. The van der Waals surface area contributed by atoms with Crippen molar-refractivity contribution in [1.82, 2.24) is 4.90 Å². The van der Waals surface area contributed by atoms with Gasteiger partial charge in [-0.05, 0) is 12.1 Å². The standard InChI is InChI=1S/C15H18N2O4S/c18-14(4-5-17-6-9-22-15(17)19)16-11-2-3-12-13(10-11)21-8-1-7-20-12/h2-3,10H,1,4-9H2,(H,16,18). The lowest BCUT2D eigenvalue weighted by Crippen LogP contribution is -2.27. The highest BCUT2D eigenvalue weighted by molar-refractivity contribution is 8.13. The van der Waals surface area contributed by atoms with Crippen molar-refractivity contribution in [2.75, 3.05) is 37.4 Å². The zero-order chi connectivity index (χ0) is 15.4. The van der Waals surface area contributed by atoms with Crippen molar-refractivity contribution in [3.8, 4) is 11.5 Å². The first-order valence-corrected chi connectivity index (χ1v) is 8.32. The molecule has 1 aromatic rings. The van der Waals surface area contributed by atoms with Crippen LogP contribution in [0.4, 0.5) is 10.5 Å². The lowest BCUT2D eigenvalue weighted by atomic mass is 10.2. The Labute approximate surface area is 133 Å². The summed E-state index contributed by atoms with van der Waals surface area (Å²) >= 11 is 1.30. The Bertz CT molecular complexity index is 579. The van der Waals surface area contributed by atoms with Gasteiger partial charge in [0.2, 0.25) is 5.91 Å². The highest BCUT2D eigenvalue weighted by Crippen LogP contribution is 2.32. The number of anilines is 1. The van der Waals surface area contributed by atoms with E-state index in [9.17, 15) is 9.59 Å². The van der Waals surface area contributed by atoms with Crippen LogP contribution in [0.15, 0.2) is 18.2 Å². The van der Waals surface area contributed by atoms with Gasteiger partial charge >= 0.3 is 0 Å². The minimum absolute atomic E-state index is 0.0587. The summed E-state index contributed by atoms with van der Waals surface area (Å²) in [5.74, 6) is 2.05. The maximum Gasteiger partial charge on any atom is 0.281 e. The quantitative estimate of drug-likeness (QED) is 0.921. The van der Waals surface area contributed by atoms with Gasteiger partial charge in [-0.3, -0.25) is 9.59 Å². The van der Waals surface area contributed by atoms with Crippen molar-refractivity contribution in [1.29, 1.82) is 0 Å². The number of thioether (sulfide) groups is 1. The third kappa shape index (κ3) is 3.65. The smallest absolute Gasteiger partial charge is 0.281 e. The van der Waals surface area contributed by atoms with Gasteiger partial charge in [0.1, 0.15) is 0 Å². The number of benzene rings is 1. The molecule has 0 unspecified atom stereocenters. The molecule has 0 radical (unpaired) electrons. The van der Waals surface area contributed by atoms with Crippen molar-refractivity contribution in [2.45, 2.75) is 12.8 Å². The van der Waals surface area contributed by atoms with E-state index >= 15 is 0 Å². The van der Waals surface area contributed by atoms with E-state index in [2.05, 4.69) is 5.32 Å².